The van der Waals surface area contributed by atoms with Gasteiger partial charge in [-0.1, -0.05) is 18.2 Å². The number of halogens is 1. The Morgan fingerprint density at radius 3 is 2.68 bits per heavy atom. The molecule has 3 N–H and O–H groups in total. The molecule has 0 bridgehead atoms. The van der Waals surface area contributed by atoms with Crippen molar-refractivity contribution in [3.63, 3.8) is 0 Å². The van der Waals surface area contributed by atoms with E-state index in [1.54, 1.807) is 32.0 Å². The topological polar surface area (TPSA) is 55.1 Å². The molecule has 1 aliphatic carbocycles. The van der Waals surface area contributed by atoms with Crippen molar-refractivity contribution in [1.29, 1.82) is 0 Å². The van der Waals surface area contributed by atoms with Gasteiger partial charge in [-0.2, -0.15) is 0 Å². The summed E-state index contributed by atoms with van der Waals surface area (Å²) < 4.78 is 13.8. The number of rotatable bonds is 5. The van der Waals surface area contributed by atoms with Crippen LogP contribution in [-0.4, -0.2) is 18.5 Å². The average molecular weight is 264 g/mol. The third-order valence-corrected chi connectivity index (χ3v) is 3.84. The first-order valence-electron chi connectivity index (χ1n) is 6.72. The molecule has 1 unspecified atom stereocenters. The van der Waals surface area contributed by atoms with E-state index < -0.39 is 5.41 Å². The molecular weight excluding hydrogens is 243 g/mol. The Labute approximate surface area is 113 Å². The van der Waals surface area contributed by atoms with Crippen LogP contribution in [0.4, 0.5) is 4.39 Å². The minimum atomic E-state index is -0.894. The SMILES string of the molecule is CC(C)(C(=O)NCC(N)C1CC1)c1ccccc1F. The second kappa shape index (κ2) is 5.29. The molecule has 3 nitrogen and oxygen atoms in total. The van der Waals surface area contributed by atoms with Crippen molar-refractivity contribution in [1.82, 2.24) is 5.32 Å². The maximum absolute atomic E-state index is 13.8. The minimum Gasteiger partial charge on any atom is -0.354 e. The van der Waals surface area contributed by atoms with Crippen LogP contribution >= 0.6 is 0 Å². The number of nitrogens with two attached hydrogens (primary N) is 1. The van der Waals surface area contributed by atoms with Crippen LogP contribution in [0.1, 0.15) is 32.3 Å². The Morgan fingerprint density at radius 2 is 2.11 bits per heavy atom. The van der Waals surface area contributed by atoms with E-state index >= 15 is 0 Å². The summed E-state index contributed by atoms with van der Waals surface area (Å²) in [6.45, 7) is 3.91. The first-order chi connectivity index (χ1) is 8.93. The molecule has 1 atom stereocenters. The zero-order chi connectivity index (χ0) is 14.0. The fourth-order valence-corrected chi connectivity index (χ4v) is 2.21. The van der Waals surface area contributed by atoms with Crippen LogP contribution in [0.3, 0.4) is 0 Å². The Balaban J connectivity index is 2.02. The molecule has 0 heterocycles. The first-order valence-corrected chi connectivity index (χ1v) is 6.72. The molecule has 0 aromatic heterocycles. The molecule has 19 heavy (non-hydrogen) atoms. The second-order valence-electron chi connectivity index (χ2n) is 5.82. The predicted octanol–water partition coefficient (Wildman–Crippen LogP) is 1.96. The van der Waals surface area contributed by atoms with E-state index in [0.29, 0.717) is 18.0 Å². The van der Waals surface area contributed by atoms with Crippen LogP contribution in [0.5, 0.6) is 0 Å². The van der Waals surface area contributed by atoms with E-state index in [1.807, 2.05) is 0 Å². The van der Waals surface area contributed by atoms with Gasteiger partial charge >= 0.3 is 0 Å². The molecule has 2 rings (SSSR count). The van der Waals surface area contributed by atoms with Gasteiger partial charge in [0.2, 0.25) is 5.91 Å². The summed E-state index contributed by atoms with van der Waals surface area (Å²) in [7, 11) is 0. The average Bonchev–Trinajstić information content (AvgIpc) is 3.20. The molecular formula is C15H21FN2O. The number of nitrogens with one attached hydrogen (secondary N) is 1. The standard InChI is InChI=1S/C15H21FN2O/c1-15(2,11-5-3-4-6-12(11)16)14(19)18-9-13(17)10-7-8-10/h3-6,10,13H,7-9,17H2,1-2H3,(H,18,19). The van der Waals surface area contributed by atoms with Gasteiger partial charge in [0.15, 0.2) is 0 Å². The normalized spacial score (nSPS) is 17.1. The summed E-state index contributed by atoms with van der Waals surface area (Å²) >= 11 is 0. The van der Waals surface area contributed by atoms with Crippen LogP contribution in [0, 0.1) is 11.7 Å². The highest BCUT2D eigenvalue weighted by atomic mass is 19.1. The van der Waals surface area contributed by atoms with Crippen LogP contribution in [0.15, 0.2) is 24.3 Å². The van der Waals surface area contributed by atoms with E-state index in [4.69, 9.17) is 5.73 Å². The maximum Gasteiger partial charge on any atom is 0.230 e. The smallest absolute Gasteiger partial charge is 0.230 e. The van der Waals surface area contributed by atoms with Crippen molar-refractivity contribution < 1.29 is 9.18 Å². The van der Waals surface area contributed by atoms with Crippen LogP contribution in [0.25, 0.3) is 0 Å². The van der Waals surface area contributed by atoms with E-state index in [2.05, 4.69) is 5.32 Å². The number of carbonyl (C=O) groups is 1. The fraction of sp³-hybridized carbons (Fsp3) is 0.533. The monoisotopic (exact) mass is 264 g/mol. The molecule has 1 fully saturated rings. The number of hydrogen-bond donors (Lipinski definition) is 2. The zero-order valence-electron chi connectivity index (χ0n) is 11.4. The summed E-state index contributed by atoms with van der Waals surface area (Å²) in [5.41, 5.74) is 5.47. The number of hydrogen-bond acceptors (Lipinski definition) is 2. The molecule has 0 radical (unpaired) electrons. The van der Waals surface area contributed by atoms with E-state index in [9.17, 15) is 9.18 Å². The molecule has 0 aliphatic heterocycles. The third-order valence-electron chi connectivity index (χ3n) is 3.84. The fourth-order valence-electron chi connectivity index (χ4n) is 2.21. The Morgan fingerprint density at radius 1 is 1.47 bits per heavy atom. The van der Waals surface area contributed by atoms with Crippen molar-refractivity contribution in [3.05, 3.63) is 35.6 Å². The lowest BCUT2D eigenvalue weighted by molar-refractivity contribution is -0.125. The summed E-state index contributed by atoms with van der Waals surface area (Å²) in [6.07, 6.45) is 2.29. The van der Waals surface area contributed by atoms with Crippen LogP contribution < -0.4 is 11.1 Å². The molecule has 0 spiro atoms. The number of amides is 1. The molecule has 104 valence electrons. The molecule has 1 aromatic rings. The van der Waals surface area contributed by atoms with Crippen molar-refractivity contribution in [3.8, 4) is 0 Å². The second-order valence-corrected chi connectivity index (χ2v) is 5.82. The van der Waals surface area contributed by atoms with Gasteiger partial charge in [-0.05, 0) is 38.7 Å². The summed E-state index contributed by atoms with van der Waals surface area (Å²) in [5, 5.41) is 2.84. The highest BCUT2D eigenvalue weighted by molar-refractivity contribution is 5.87. The Kier molecular flexibility index (Phi) is 3.90. The van der Waals surface area contributed by atoms with E-state index in [0.717, 1.165) is 12.8 Å². The van der Waals surface area contributed by atoms with Gasteiger partial charge in [0.05, 0.1) is 5.41 Å². The van der Waals surface area contributed by atoms with E-state index in [1.165, 1.54) is 6.07 Å². The molecule has 4 heteroatoms. The van der Waals surface area contributed by atoms with Crippen molar-refractivity contribution >= 4 is 5.91 Å². The molecule has 1 aliphatic rings. The van der Waals surface area contributed by atoms with Crippen LogP contribution in [-0.2, 0) is 10.2 Å². The highest BCUT2D eigenvalue weighted by Gasteiger charge is 2.34. The van der Waals surface area contributed by atoms with Gasteiger partial charge in [0.1, 0.15) is 5.82 Å². The first kappa shape index (κ1) is 14.0. The Bertz CT molecular complexity index is 469. The Hall–Kier alpha value is -1.42. The minimum absolute atomic E-state index is 0.0142. The van der Waals surface area contributed by atoms with Crippen molar-refractivity contribution in [2.75, 3.05) is 6.54 Å². The largest absolute Gasteiger partial charge is 0.354 e. The van der Waals surface area contributed by atoms with Crippen molar-refractivity contribution in [2.24, 2.45) is 11.7 Å². The quantitative estimate of drug-likeness (QED) is 0.854. The molecule has 0 saturated heterocycles. The van der Waals surface area contributed by atoms with Gasteiger partial charge < -0.3 is 11.1 Å². The van der Waals surface area contributed by atoms with Gasteiger partial charge in [-0.15, -0.1) is 0 Å². The number of benzene rings is 1. The summed E-state index contributed by atoms with van der Waals surface area (Å²) in [4.78, 5) is 12.2. The lowest BCUT2D eigenvalue weighted by Crippen LogP contribution is -2.46. The van der Waals surface area contributed by atoms with Gasteiger partial charge in [0, 0.05) is 18.2 Å². The lowest BCUT2D eigenvalue weighted by Gasteiger charge is -2.25. The third kappa shape index (κ3) is 3.13. The molecule has 1 amide bonds. The summed E-state index contributed by atoms with van der Waals surface area (Å²) in [5.74, 6) is -0.000264. The maximum atomic E-state index is 13.8. The van der Waals surface area contributed by atoms with Crippen LogP contribution in [0.2, 0.25) is 0 Å². The zero-order valence-corrected chi connectivity index (χ0v) is 11.4. The van der Waals surface area contributed by atoms with Gasteiger partial charge in [0.25, 0.3) is 0 Å². The van der Waals surface area contributed by atoms with Gasteiger partial charge in [-0.25, -0.2) is 4.39 Å². The molecule has 1 saturated carbocycles. The summed E-state index contributed by atoms with van der Waals surface area (Å²) in [6, 6.07) is 6.40. The number of carbonyl (C=O) groups excluding carboxylic acids is 1. The predicted molar refractivity (Wildman–Crippen MR) is 73.1 cm³/mol. The highest BCUT2D eigenvalue weighted by Crippen LogP contribution is 2.31. The lowest BCUT2D eigenvalue weighted by atomic mass is 9.83. The van der Waals surface area contributed by atoms with Crippen molar-refractivity contribution in [2.45, 2.75) is 38.1 Å². The molecule has 1 aromatic carbocycles. The van der Waals surface area contributed by atoms with E-state index in [-0.39, 0.29) is 17.8 Å². The van der Waals surface area contributed by atoms with Gasteiger partial charge in [-0.3, -0.25) is 4.79 Å².